The molecule has 0 spiro atoms. The fraction of sp³-hybridized carbons (Fsp3) is 0.200. The number of carbonyl (C=O) groups excluding carboxylic acids is 1. The van der Waals surface area contributed by atoms with E-state index in [0.717, 1.165) is 44.7 Å². The van der Waals surface area contributed by atoms with E-state index < -0.39 is 0 Å². The predicted molar refractivity (Wildman–Crippen MR) is 122 cm³/mol. The van der Waals surface area contributed by atoms with Crippen LogP contribution in [0.5, 0.6) is 5.75 Å². The van der Waals surface area contributed by atoms with Crippen LogP contribution in [0.15, 0.2) is 61.1 Å². The maximum Gasteiger partial charge on any atom is 0.180 e. The van der Waals surface area contributed by atoms with Crippen molar-refractivity contribution in [2.45, 2.75) is 26.8 Å². The van der Waals surface area contributed by atoms with Gasteiger partial charge in [-0.05, 0) is 42.3 Å². The van der Waals surface area contributed by atoms with Gasteiger partial charge in [0.25, 0.3) is 0 Å². The van der Waals surface area contributed by atoms with Crippen molar-refractivity contribution in [1.82, 2.24) is 15.0 Å². The summed E-state index contributed by atoms with van der Waals surface area (Å²) < 4.78 is 5.19. The van der Waals surface area contributed by atoms with E-state index in [2.05, 4.69) is 20.3 Å². The number of hydrogen-bond acceptors (Lipinski definition) is 6. The number of hydrogen-bond donors (Lipinski definition) is 1. The van der Waals surface area contributed by atoms with Gasteiger partial charge in [-0.25, -0.2) is 4.98 Å². The first-order valence-electron chi connectivity index (χ1n) is 10.2. The highest BCUT2D eigenvalue weighted by atomic mass is 16.5. The molecule has 0 atom stereocenters. The third kappa shape index (κ3) is 4.53. The molecule has 31 heavy (non-hydrogen) atoms. The fourth-order valence-corrected chi connectivity index (χ4v) is 3.39. The van der Waals surface area contributed by atoms with Crippen LogP contribution >= 0.6 is 0 Å². The highest BCUT2D eigenvalue weighted by molar-refractivity contribution is 5.94. The van der Waals surface area contributed by atoms with E-state index >= 15 is 0 Å². The monoisotopic (exact) mass is 412 g/mol. The van der Waals surface area contributed by atoms with E-state index in [1.165, 1.54) is 0 Å². The van der Waals surface area contributed by atoms with Crippen molar-refractivity contribution in [1.29, 1.82) is 0 Å². The molecule has 6 heteroatoms. The van der Waals surface area contributed by atoms with Crippen LogP contribution < -0.4 is 10.1 Å². The van der Waals surface area contributed by atoms with Gasteiger partial charge in [-0.3, -0.25) is 14.8 Å². The van der Waals surface area contributed by atoms with Crippen molar-refractivity contribution >= 4 is 22.5 Å². The normalized spacial score (nSPS) is 10.8. The average molecular weight is 412 g/mol. The molecule has 4 rings (SSSR count). The van der Waals surface area contributed by atoms with Gasteiger partial charge in [0.05, 0.1) is 12.6 Å². The molecule has 0 bridgehead atoms. The van der Waals surface area contributed by atoms with E-state index in [4.69, 9.17) is 4.74 Å². The smallest absolute Gasteiger partial charge is 0.180 e. The number of anilines is 1. The number of nitrogens with one attached hydrogen (secondary N) is 1. The Balaban J connectivity index is 1.53. The van der Waals surface area contributed by atoms with Crippen LogP contribution in [0.2, 0.25) is 0 Å². The predicted octanol–water partition coefficient (Wildman–Crippen LogP) is 5.21. The Morgan fingerprint density at radius 2 is 1.81 bits per heavy atom. The summed E-state index contributed by atoms with van der Waals surface area (Å²) in [6.07, 6.45) is 5.85. The van der Waals surface area contributed by atoms with Gasteiger partial charge in [-0.2, -0.15) is 0 Å². The minimum Gasteiger partial charge on any atom is -0.497 e. The molecular formula is C25H24N4O2. The van der Waals surface area contributed by atoms with Gasteiger partial charge in [0, 0.05) is 54.1 Å². The molecule has 3 aromatic heterocycles. The Labute approximate surface area is 181 Å². The highest BCUT2D eigenvalue weighted by Gasteiger charge is 2.10. The number of methoxy groups -OCH3 is 1. The van der Waals surface area contributed by atoms with Crippen LogP contribution in [-0.4, -0.2) is 27.8 Å². The van der Waals surface area contributed by atoms with Gasteiger partial charge in [-0.1, -0.05) is 19.1 Å². The number of pyridine rings is 3. The van der Waals surface area contributed by atoms with Crippen LogP contribution in [0, 0.1) is 6.92 Å². The summed E-state index contributed by atoms with van der Waals surface area (Å²) in [6.45, 7) is 4.49. The van der Waals surface area contributed by atoms with Crippen molar-refractivity contribution in [2.24, 2.45) is 0 Å². The van der Waals surface area contributed by atoms with Gasteiger partial charge < -0.3 is 10.1 Å². The number of Topliss-reactive ketones (excluding diaryl/α,β-unsaturated/α-hetero) is 1. The summed E-state index contributed by atoms with van der Waals surface area (Å²) in [4.78, 5) is 25.4. The number of aryl methyl sites for hydroxylation is 1. The second-order valence-corrected chi connectivity index (χ2v) is 7.35. The number of ether oxygens (including phenoxy) is 1. The first kappa shape index (κ1) is 20.5. The molecule has 0 saturated carbocycles. The van der Waals surface area contributed by atoms with E-state index in [0.29, 0.717) is 18.7 Å². The lowest BCUT2D eigenvalue weighted by Gasteiger charge is -2.10. The van der Waals surface area contributed by atoms with Crippen molar-refractivity contribution in [3.8, 4) is 16.9 Å². The van der Waals surface area contributed by atoms with E-state index in [1.54, 1.807) is 13.3 Å². The van der Waals surface area contributed by atoms with E-state index in [-0.39, 0.29) is 5.78 Å². The molecule has 4 aromatic rings. The maximum atomic E-state index is 11.9. The van der Waals surface area contributed by atoms with E-state index in [9.17, 15) is 4.79 Å². The number of aromatic nitrogens is 3. The summed E-state index contributed by atoms with van der Waals surface area (Å²) in [7, 11) is 1.66. The summed E-state index contributed by atoms with van der Waals surface area (Å²) in [5.41, 5.74) is 5.42. The second kappa shape index (κ2) is 8.92. The van der Waals surface area contributed by atoms with Gasteiger partial charge in [0.15, 0.2) is 5.78 Å². The van der Waals surface area contributed by atoms with Crippen LogP contribution in [0.4, 0.5) is 5.82 Å². The lowest BCUT2D eigenvalue weighted by Crippen LogP contribution is -2.02. The number of fused-ring (bicyclic) bond motifs is 1. The summed E-state index contributed by atoms with van der Waals surface area (Å²) in [5.74, 6) is 1.65. The minimum atomic E-state index is 0.0464. The molecule has 156 valence electrons. The van der Waals surface area contributed by atoms with Crippen molar-refractivity contribution in [3.05, 3.63) is 77.9 Å². The van der Waals surface area contributed by atoms with Crippen molar-refractivity contribution < 1.29 is 9.53 Å². The molecule has 6 nitrogen and oxygen atoms in total. The standard InChI is InChI=1S/C25H24N4O2/c1-4-24(30)23-9-16(2)21(15-27-23)18-10-19-14-29-25(11-22(19)26-13-18)28-12-17-5-7-20(31-3)8-6-17/h5-11,13-15H,4,12H2,1-3H3,(H,28,29). The Kier molecular flexibility index (Phi) is 5.89. The largest absolute Gasteiger partial charge is 0.497 e. The van der Waals surface area contributed by atoms with Gasteiger partial charge in [0.2, 0.25) is 0 Å². The quantitative estimate of drug-likeness (QED) is 0.420. The third-order valence-corrected chi connectivity index (χ3v) is 5.23. The molecule has 0 amide bonds. The van der Waals surface area contributed by atoms with Crippen LogP contribution in [-0.2, 0) is 6.54 Å². The van der Waals surface area contributed by atoms with Gasteiger partial charge in [-0.15, -0.1) is 0 Å². The van der Waals surface area contributed by atoms with Crippen molar-refractivity contribution in [3.63, 3.8) is 0 Å². The number of ketones is 1. The topological polar surface area (TPSA) is 77.0 Å². The molecule has 1 aromatic carbocycles. The Morgan fingerprint density at radius 1 is 1.00 bits per heavy atom. The maximum absolute atomic E-state index is 11.9. The van der Waals surface area contributed by atoms with Gasteiger partial charge >= 0.3 is 0 Å². The van der Waals surface area contributed by atoms with Crippen molar-refractivity contribution in [2.75, 3.05) is 12.4 Å². The van der Waals surface area contributed by atoms with E-state index in [1.807, 2.05) is 68.7 Å². The Bertz CT molecular complexity index is 1240. The Morgan fingerprint density at radius 3 is 2.52 bits per heavy atom. The molecular weight excluding hydrogens is 388 g/mol. The Hall–Kier alpha value is -3.80. The zero-order valence-corrected chi connectivity index (χ0v) is 17.8. The average Bonchev–Trinajstić information content (AvgIpc) is 2.82. The molecule has 0 aliphatic carbocycles. The number of carbonyl (C=O) groups is 1. The lowest BCUT2D eigenvalue weighted by molar-refractivity contribution is 0.0983. The SMILES string of the molecule is CCC(=O)c1cc(C)c(-c2cnc3cc(NCc4ccc(OC)cc4)ncc3c2)cn1. The molecule has 0 aliphatic rings. The first-order valence-corrected chi connectivity index (χ1v) is 10.2. The van der Waals surface area contributed by atoms with Crippen LogP contribution in [0.25, 0.3) is 22.0 Å². The summed E-state index contributed by atoms with van der Waals surface area (Å²) in [5, 5.41) is 4.28. The lowest BCUT2D eigenvalue weighted by atomic mass is 10.0. The van der Waals surface area contributed by atoms with Crippen LogP contribution in [0.1, 0.15) is 35.0 Å². The molecule has 0 radical (unpaired) electrons. The molecule has 3 heterocycles. The summed E-state index contributed by atoms with van der Waals surface area (Å²) in [6, 6.07) is 13.8. The molecule has 0 saturated heterocycles. The molecule has 1 N–H and O–H groups in total. The third-order valence-electron chi connectivity index (χ3n) is 5.23. The first-order chi connectivity index (χ1) is 15.1. The zero-order valence-electron chi connectivity index (χ0n) is 17.8. The second-order valence-electron chi connectivity index (χ2n) is 7.35. The molecule has 0 aliphatic heterocycles. The number of rotatable bonds is 7. The molecule has 0 unspecified atom stereocenters. The highest BCUT2D eigenvalue weighted by Crippen LogP contribution is 2.26. The van der Waals surface area contributed by atoms with Crippen LogP contribution in [0.3, 0.4) is 0 Å². The zero-order chi connectivity index (χ0) is 21.8. The summed E-state index contributed by atoms with van der Waals surface area (Å²) >= 11 is 0. The van der Waals surface area contributed by atoms with Gasteiger partial charge in [0.1, 0.15) is 17.3 Å². The number of nitrogens with zero attached hydrogens (tertiary/aromatic N) is 3. The molecule has 0 fully saturated rings. The number of benzene rings is 1. The minimum absolute atomic E-state index is 0.0464. The fourth-order valence-electron chi connectivity index (χ4n) is 3.39.